The Morgan fingerprint density at radius 3 is 2.21 bits per heavy atom. The van der Waals surface area contributed by atoms with Crippen LogP contribution in [0.5, 0.6) is 0 Å². The summed E-state index contributed by atoms with van der Waals surface area (Å²) in [4.78, 5) is 26.9. The van der Waals surface area contributed by atoms with Gasteiger partial charge in [0.1, 0.15) is 5.60 Å². The van der Waals surface area contributed by atoms with Crippen molar-refractivity contribution in [1.29, 1.82) is 0 Å². The molecule has 6 nitrogen and oxygen atoms in total. The molecule has 2 N–H and O–H groups in total. The molecule has 0 aromatic rings. The number of ether oxygens (including phenoxy) is 1. The molecule has 0 radical (unpaired) electrons. The Labute approximate surface area is 144 Å². The quantitative estimate of drug-likeness (QED) is 0.805. The van der Waals surface area contributed by atoms with Gasteiger partial charge in [-0.2, -0.15) is 0 Å². The predicted molar refractivity (Wildman–Crippen MR) is 89.3 cm³/mol. The number of likely N-dealkylation sites (tertiary alicyclic amines) is 1. The molecule has 0 aromatic heterocycles. The smallest absolute Gasteiger partial charge is 0.417 e. The Morgan fingerprint density at radius 2 is 1.79 bits per heavy atom. The van der Waals surface area contributed by atoms with Crippen LogP contribution in [0.15, 0.2) is 0 Å². The molecular formula is C18H31NO5. The lowest BCUT2D eigenvalue weighted by atomic mass is 9.72. The number of imide groups is 1. The van der Waals surface area contributed by atoms with Crippen LogP contribution < -0.4 is 0 Å². The van der Waals surface area contributed by atoms with Crippen molar-refractivity contribution in [2.45, 2.75) is 83.5 Å². The number of rotatable bonds is 2. The normalized spacial score (nSPS) is 31.6. The molecule has 2 aliphatic rings. The summed E-state index contributed by atoms with van der Waals surface area (Å²) in [6.07, 6.45) is 2.66. The number of carbonyl (C=O) groups excluding carboxylic acids is 2. The fraction of sp³-hybridized carbons (Fsp3) is 0.889. The number of aliphatic hydroxyl groups excluding tert-OH is 1. The molecular weight excluding hydrogens is 310 g/mol. The summed E-state index contributed by atoms with van der Waals surface area (Å²) in [6.45, 7) is 8.67. The first-order valence-corrected chi connectivity index (χ1v) is 8.80. The van der Waals surface area contributed by atoms with E-state index in [9.17, 15) is 19.8 Å². The second-order valence-corrected chi connectivity index (χ2v) is 8.91. The lowest BCUT2D eigenvalue weighted by molar-refractivity contribution is -0.138. The van der Waals surface area contributed by atoms with Gasteiger partial charge in [-0.15, -0.1) is 0 Å². The van der Waals surface area contributed by atoms with Crippen LogP contribution in [0.4, 0.5) is 4.79 Å². The second kappa shape index (κ2) is 6.30. The summed E-state index contributed by atoms with van der Waals surface area (Å²) >= 11 is 0. The first-order chi connectivity index (χ1) is 10.9. The Hall–Kier alpha value is -1.14. The van der Waals surface area contributed by atoms with E-state index in [-0.39, 0.29) is 18.4 Å². The van der Waals surface area contributed by atoms with Crippen molar-refractivity contribution in [3.63, 3.8) is 0 Å². The number of hydrogen-bond acceptors (Lipinski definition) is 5. The van der Waals surface area contributed by atoms with Crippen LogP contribution in [0.25, 0.3) is 0 Å². The van der Waals surface area contributed by atoms with E-state index in [4.69, 9.17) is 4.74 Å². The van der Waals surface area contributed by atoms with Crippen LogP contribution in [0.3, 0.4) is 0 Å². The van der Waals surface area contributed by atoms with Gasteiger partial charge < -0.3 is 14.9 Å². The van der Waals surface area contributed by atoms with Gasteiger partial charge in [-0.05, 0) is 72.6 Å². The third-order valence-electron chi connectivity index (χ3n) is 5.30. The van der Waals surface area contributed by atoms with Gasteiger partial charge in [0, 0.05) is 6.61 Å². The highest BCUT2D eigenvalue weighted by atomic mass is 16.6. The van der Waals surface area contributed by atoms with E-state index < -0.39 is 28.8 Å². The minimum atomic E-state index is -1.19. The van der Waals surface area contributed by atoms with Gasteiger partial charge >= 0.3 is 6.09 Å². The minimum Gasteiger partial charge on any atom is -0.443 e. The fourth-order valence-corrected chi connectivity index (χ4v) is 3.92. The lowest BCUT2D eigenvalue weighted by Gasteiger charge is -2.42. The van der Waals surface area contributed by atoms with Crippen molar-refractivity contribution in [2.75, 3.05) is 6.61 Å². The van der Waals surface area contributed by atoms with E-state index in [0.29, 0.717) is 19.3 Å². The first-order valence-electron chi connectivity index (χ1n) is 8.80. The van der Waals surface area contributed by atoms with E-state index in [1.807, 2.05) is 0 Å². The van der Waals surface area contributed by atoms with E-state index >= 15 is 0 Å². The maximum Gasteiger partial charge on any atom is 0.417 e. The average Bonchev–Trinajstić information content (AvgIpc) is 2.71. The van der Waals surface area contributed by atoms with Crippen molar-refractivity contribution in [1.82, 2.24) is 4.90 Å². The molecule has 138 valence electrons. The fourth-order valence-electron chi connectivity index (χ4n) is 3.92. The minimum absolute atomic E-state index is 0.130. The SMILES string of the molecule is CC(C)(C)OC(=O)N1C(=O)C(C(C)(C)O)CC12CCC(CO)CC2. The molecule has 1 saturated heterocycles. The van der Waals surface area contributed by atoms with E-state index in [2.05, 4.69) is 0 Å². The first kappa shape index (κ1) is 19.2. The number of hydrogen-bond donors (Lipinski definition) is 2. The van der Waals surface area contributed by atoms with Crippen molar-refractivity contribution < 1.29 is 24.5 Å². The van der Waals surface area contributed by atoms with Crippen LogP contribution in [-0.4, -0.2) is 50.5 Å². The van der Waals surface area contributed by atoms with E-state index in [1.54, 1.807) is 34.6 Å². The highest BCUT2D eigenvalue weighted by Gasteiger charge is 2.58. The highest BCUT2D eigenvalue weighted by molar-refractivity contribution is 5.97. The molecule has 2 fully saturated rings. The van der Waals surface area contributed by atoms with E-state index in [1.165, 1.54) is 4.90 Å². The van der Waals surface area contributed by atoms with Crippen molar-refractivity contribution in [3.8, 4) is 0 Å². The summed E-state index contributed by atoms with van der Waals surface area (Å²) in [6, 6.07) is 0. The molecule has 1 aliphatic carbocycles. The Kier molecular flexibility index (Phi) is 5.04. The third-order valence-corrected chi connectivity index (χ3v) is 5.30. The van der Waals surface area contributed by atoms with Gasteiger partial charge in [0.25, 0.3) is 0 Å². The van der Waals surface area contributed by atoms with Gasteiger partial charge in [-0.1, -0.05) is 0 Å². The van der Waals surface area contributed by atoms with Crippen molar-refractivity contribution >= 4 is 12.0 Å². The zero-order valence-corrected chi connectivity index (χ0v) is 15.5. The van der Waals surface area contributed by atoms with Gasteiger partial charge in [0.05, 0.1) is 17.1 Å². The Morgan fingerprint density at radius 1 is 1.25 bits per heavy atom. The summed E-state index contributed by atoms with van der Waals surface area (Å²) in [5.41, 5.74) is -2.47. The van der Waals surface area contributed by atoms with E-state index in [0.717, 1.165) is 12.8 Å². The highest BCUT2D eigenvalue weighted by Crippen LogP contribution is 2.48. The summed E-state index contributed by atoms with van der Waals surface area (Å²) in [5.74, 6) is -0.748. The van der Waals surface area contributed by atoms with Crippen LogP contribution in [0.1, 0.15) is 66.7 Å². The molecule has 2 rings (SSSR count). The summed E-state index contributed by atoms with van der Waals surface area (Å²) in [7, 11) is 0. The maximum atomic E-state index is 12.9. The Balaban J connectivity index is 2.32. The molecule has 1 heterocycles. The third kappa shape index (κ3) is 3.75. The lowest BCUT2D eigenvalue weighted by Crippen LogP contribution is -2.53. The molecule has 1 atom stereocenters. The van der Waals surface area contributed by atoms with Crippen LogP contribution in [0, 0.1) is 11.8 Å². The zero-order valence-electron chi connectivity index (χ0n) is 15.5. The summed E-state index contributed by atoms with van der Waals surface area (Å²) in [5, 5.41) is 19.8. The number of amides is 2. The van der Waals surface area contributed by atoms with Crippen molar-refractivity contribution in [3.05, 3.63) is 0 Å². The van der Waals surface area contributed by atoms with Gasteiger partial charge in [-0.25, -0.2) is 9.69 Å². The number of nitrogens with zero attached hydrogens (tertiary/aromatic N) is 1. The second-order valence-electron chi connectivity index (χ2n) is 8.91. The van der Waals surface area contributed by atoms with Gasteiger partial charge in [0.15, 0.2) is 0 Å². The molecule has 6 heteroatoms. The number of carbonyl (C=O) groups is 2. The maximum absolute atomic E-state index is 12.9. The average molecular weight is 341 g/mol. The van der Waals surface area contributed by atoms with Gasteiger partial charge in [0.2, 0.25) is 5.91 Å². The Bertz CT molecular complexity index is 495. The van der Waals surface area contributed by atoms with Crippen LogP contribution in [-0.2, 0) is 9.53 Å². The van der Waals surface area contributed by atoms with Crippen LogP contribution >= 0.6 is 0 Å². The molecule has 1 saturated carbocycles. The topological polar surface area (TPSA) is 87.1 Å². The molecule has 2 amide bonds. The number of aliphatic hydroxyl groups is 2. The molecule has 1 aliphatic heterocycles. The van der Waals surface area contributed by atoms with Crippen molar-refractivity contribution in [2.24, 2.45) is 11.8 Å². The monoisotopic (exact) mass is 341 g/mol. The molecule has 0 aromatic carbocycles. The standard InChI is InChI=1S/C18H31NO5/c1-16(2,3)24-15(22)19-14(21)13(17(4,5)23)10-18(19)8-6-12(11-20)7-9-18/h12-13,20,23H,6-11H2,1-5H3. The molecule has 1 spiro atoms. The van der Waals surface area contributed by atoms with Crippen LogP contribution in [0.2, 0.25) is 0 Å². The summed E-state index contributed by atoms with van der Waals surface area (Å²) < 4.78 is 5.47. The van der Waals surface area contributed by atoms with Gasteiger partial charge in [-0.3, -0.25) is 4.79 Å². The predicted octanol–water partition coefficient (Wildman–Crippen LogP) is 2.46. The largest absolute Gasteiger partial charge is 0.443 e. The zero-order chi connectivity index (χ0) is 18.3. The molecule has 0 bridgehead atoms. The molecule has 1 unspecified atom stereocenters. The molecule has 24 heavy (non-hydrogen) atoms.